The van der Waals surface area contributed by atoms with Crippen LogP contribution < -0.4 is 0 Å². The van der Waals surface area contributed by atoms with Crippen LogP contribution in [0.1, 0.15) is 22.3 Å². The summed E-state index contributed by atoms with van der Waals surface area (Å²) in [5, 5.41) is 0. The normalized spacial score (nSPS) is 11.6. The van der Waals surface area contributed by atoms with Gasteiger partial charge in [0.1, 0.15) is 0 Å². The van der Waals surface area contributed by atoms with Crippen molar-refractivity contribution in [3.05, 3.63) is 40.2 Å². The van der Waals surface area contributed by atoms with Gasteiger partial charge in [-0.25, -0.2) is 4.39 Å². The van der Waals surface area contributed by atoms with Gasteiger partial charge in [0, 0.05) is 0 Å². The lowest BCUT2D eigenvalue weighted by molar-refractivity contribution is -0.106. The minimum absolute atomic E-state index is 0.221. The maximum Gasteiger partial charge on any atom is 0.178 e. The van der Waals surface area contributed by atoms with E-state index in [1.165, 1.54) is 6.08 Å². The average Bonchev–Trinajstić information content (AvgIpc) is 2.10. The fourth-order valence-electron chi connectivity index (χ4n) is 1.59. The number of carbonyl (C=O) groups is 1. The van der Waals surface area contributed by atoms with Crippen molar-refractivity contribution in [2.45, 2.75) is 20.8 Å². The molecule has 0 amide bonds. The van der Waals surface area contributed by atoms with E-state index in [9.17, 15) is 9.18 Å². The van der Waals surface area contributed by atoms with E-state index in [0.717, 1.165) is 22.3 Å². The summed E-state index contributed by atoms with van der Waals surface area (Å²) in [5.74, 6) is -0.736. The summed E-state index contributed by atoms with van der Waals surface area (Å²) in [6, 6.07) is 3.94. The van der Waals surface area contributed by atoms with E-state index in [-0.39, 0.29) is 6.29 Å². The van der Waals surface area contributed by atoms with Crippen molar-refractivity contribution < 1.29 is 9.18 Å². The van der Waals surface area contributed by atoms with Gasteiger partial charge in [-0.15, -0.1) is 0 Å². The summed E-state index contributed by atoms with van der Waals surface area (Å²) in [4.78, 5) is 10.2. The van der Waals surface area contributed by atoms with Gasteiger partial charge in [0.25, 0.3) is 0 Å². The Morgan fingerprint density at radius 3 is 2.14 bits per heavy atom. The average molecular weight is 192 g/mol. The number of hydrogen-bond donors (Lipinski definition) is 0. The smallest absolute Gasteiger partial charge is 0.178 e. The Bertz CT molecular complexity index is 368. The van der Waals surface area contributed by atoms with Gasteiger partial charge in [0.15, 0.2) is 12.1 Å². The first-order chi connectivity index (χ1) is 6.54. The molecule has 2 heteroatoms. The Hall–Kier alpha value is -1.44. The minimum atomic E-state index is -0.736. The highest BCUT2D eigenvalue weighted by Gasteiger charge is 2.02. The van der Waals surface area contributed by atoms with E-state index in [0.29, 0.717) is 0 Å². The molecule has 0 fully saturated rings. The van der Waals surface area contributed by atoms with Crippen molar-refractivity contribution in [1.82, 2.24) is 0 Å². The molecule has 0 aliphatic rings. The van der Waals surface area contributed by atoms with E-state index in [1.807, 2.05) is 32.9 Å². The molecule has 0 atom stereocenters. The first-order valence-corrected chi connectivity index (χ1v) is 4.45. The van der Waals surface area contributed by atoms with Gasteiger partial charge in [-0.3, -0.25) is 4.79 Å². The standard InChI is InChI=1S/C12H13FO/c1-8-4-9(2)12(10(3)5-8)6-11(13)7-14/h4-7H,1-3H3/b11-6-. The molecule has 0 spiro atoms. The van der Waals surface area contributed by atoms with Gasteiger partial charge in [-0.1, -0.05) is 17.7 Å². The van der Waals surface area contributed by atoms with E-state index >= 15 is 0 Å². The second-order valence-electron chi connectivity index (χ2n) is 3.46. The van der Waals surface area contributed by atoms with Crippen molar-refractivity contribution in [1.29, 1.82) is 0 Å². The molecule has 0 saturated heterocycles. The molecule has 0 saturated carbocycles. The maximum atomic E-state index is 12.8. The Morgan fingerprint density at radius 2 is 1.71 bits per heavy atom. The topological polar surface area (TPSA) is 17.1 Å². The van der Waals surface area contributed by atoms with E-state index < -0.39 is 5.83 Å². The highest BCUT2D eigenvalue weighted by molar-refractivity contribution is 5.79. The van der Waals surface area contributed by atoms with Crippen LogP contribution >= 0.6 is 0 Å². The number of allylic oxidation sites excluding steroid dienone is 1. The molecule has 0 heterocycles. The molecule has 74 valence electrons. The predicted molar refractivity (Wildman–Crippen MR) is 55.8 cm³/mol. The van der Waals surface area contributed by atoms with Gasteiger partial charge >= 0.3 is 0 Å². The van der Waals surface area contributed by atoms with Crippen LogP contribution in [-0.4, -0.2) is 6.29 Å². The predicted octanol–water partition coefficient (Wildman–Crippen LogP) is 3.12. The van der Waals surface area contributed by atoms with Crippen LogP contribution in [0.3, 0.4) is 0 Å². The molecular weight excluding hydrogens is 179 g/mol. The Kier molecular flexibility index (Phi) is 3.18. The molecule has 1 nitrogen and oxygen atoms in total. The van der Waals surface area contributed by atoms with E-state index in [1.54, 1.807) is 0 Å². The van der Waals surface area contributed by atoms with Crippen LogP contribution in [-0.2, 0) is 4.79 Å². The van der Waals surface area contributed by atoms with Crippen LogP contribution in [0, 0.1) is 20.8 Å². The Labute approximate surface area is 83.3 Å². The summed E-state index contributed by atoms with van der Waals surface area (Å²) >= 11 is 0. The second-order valence-corrected chi connectivity index (χ2v) is 3.46. The van der Waals surface area contributed by atoms with Crippen LogP contribution in [0.4, 0.5) is 4.39 Å². The van der Waals surface area contributed by atoms with Crippen LogP contribution in [0.5, 0.6) is 0 Å². The monoisotopic (exact) mass is 192 g/mol. The van der Waals surface area contributed by atoms with Crippen molar-refractivity contribution in [3.8, 4) is 0 Å². The van der Waals surface area contributed by atoms with Crippen molar-refractivity contribution in [3.63, 3.8) is 0 Å². The largest absolute Gasteiger partial charge is 0.295 e. The van der Waals surface area contributed by atoms with Gasteiger partial charge in [-0.2, -0.15) is 0 Å². The first kappa shape index (κ1) is 10.6. The molecule has 0 bridgehead atoms. The van der Waals surface area contributed by atoms with Crippen molar-refractivity contribution in [2.75, 3.05) is 0 Å². The van der Waals surface area contributed by atoms with Gasteiger partial charge in [0.2, 0.25) is 0 Å². The summed E-state index contributed by atoms with van der Waals surface area (Å²) < 4.78 is 12.8. The zero-order chi connectivity index (χ0) is 10.7. The number of hydrogen-bond acceptors (Lipinski definition) is 1. The molecule has 1 aromatic rings. The third kappa shape index (κ3) is 2.28. The molecule has 1 rings (SSSR count). The zero-order valence-corrected chi connectivity index (χ0v) is 8.60. The van der Waals surface area contributed by atoms with Crippen LogP contribution in [0.15, 0.2) is 18.0 Å². The Morgan fingerprint density at radius 1 is 1.21 bits per heavy atom. The lowest BCUT2D eigenvalue weighted by atomic mass is 9.99. The number of rotatable bonds is 2. The molecule has 1 aromatic carbocycles. The fraction of sp³-hybridized carbons (Fsp3) is 0.250. The molecule has 0 radical (unpaired) electrons. The molecule has 14 heavy (non-hydrogen) atoms. The highest BCUT2D eigenvalue weighted by atomic mass is 19.1. The molecule has 0 aromatic heterocycles. The summed E-state index contributed by atoms with van der Waals surface area (Å²) in [5.41, 5.74) is 3.91. The van der Waals surface area contributed by atoms with Gasteiger partial charge < -0.3 is 0 Å². The number of aryl methyl sites for hydroxylation is 3. The number of carbonyl (C=O) groups excluding carboxylic acids is 1. The zero-order valence-electron chi connectivity index (χ0n) is 8.60. The molecule has 0 unspecified atom stereocenters. The third-order valence-corrected chi connectivity index (χ3v) is 2.13. The fourth-order valence-corrected chi connectivity index (χ4v) is 1.59. The van der Waals surface area contributed by atoms with Gasteiger partial charge in [-0.05, 0) is 43.5 Å². The number of benzene rings is 1. The van der Waals surface area contributed by atoms with Crippen LogP contribution in [0.25, 0.3) is 6.08 Å². The van der Waals surface area contributed by atoms with E-state index in [4.69, 9.17) is 0 Å². The molecular formula is C12H13FO. The molecule has 0 aliphatic heterocycles. The molecule has 0 aliphatic carbocycles. The van der Waals surface area contributed by atoms with Crippen molar-refractivity contribution >= 4 is 12.4 Å². The van der Waals surface area contributed by atoms with Gasteiger partial charge in [0.05, 0.1) is 0 Å². The Balaban J connectivity index is 3.28. The quantitative estimate of drug-likeness (QED) is 0.519. The lowest BCUT2D eigenvalue weighted by Crippen LogP contribution is -1.89. The summed E-state index contributed by atoms with van der Waals surface area (Å²) in [6.45, 7) is 5.80. The second kappa shape index (κ2) is 4.18. The maximum absolute atomic E-state index is 12.8. The lowest BCUT2D eigenvalue weighted by Gasteiger charge is -2.06. The SMILES string of the molecule is Cc1cc(C)c(/C=C(\F)C=O)c(C)c1. The number of aldehydes is 1. The molecule has 0 N–H and O–H groups in total. The summed E-state index contributed by atoms with van der Waals surface area (Å²) in [6.07, 6.45) is 1.50. The minimum Gasteiger partial charge on any atom is -0.295 e. The highest BCUT2D eigenvalue weighted by Crippen LogP contribution is 2.19. The third-order valence-electron chi connectivity index (χ3n) is 2.13. The summed E-state index contributed by atoms with van der Waals surface area (Å²) in [7, 11) is 0. The van der Waals surface area contributed by atoms with E-state index in [2.05, 4.69) is 0 Å². The van der Waals surface area contributed by atoms with Crippen molar-refractivity contribution in [2.24, 2.45) is 0 Å². The first-order valence-electron chi connectivity index (χ1n) is 4.45. The number of halogens is 1. The van der Waals surface area contributed by atoms with Crippen LogP contribution in [0.2, 0.25) is 0 Å².